The van der Waals surface area contributed by atoms with Crippen molar-refractivity contribution >= 4 is 22.5 Å². The molecule has 0 atom stereocenters. The van der Waals surface area contributed by atoms with Crippen LogP contribution in [0.15, 0.2) is 71.8 Å². The van der Waals surface area contributed by atoms with Crippen LogP contribution in [0.4, 0.5) is 10.1 Å². The summed E-state index contributed by atoms with van der Waals surface area (Å²) in [6, 6.07) is 17.7. The molecule has 4 aromatic rings. The largest absolute Gasteiger partial charge is 0.326 e. The monoisotopic (exact) mass is 385 g/mol. The molecule has 1 aliphatic heterocycles. The second-order valence-electron chi connectivity index (χ2n) is 7.10. The van der Waals surface area contributed by atoms with Gasteiger partial charge in [-0.15, -0.1) is 0 Å². The van der Waals surface area contributed by atoms with Crippen LogP contribution in [0.3, 0.4) is 0 Å². The first-order chi connectivity index (χ1) is 14.1. The maximum absolute atomic E-state index is 14.8. The van der Waals surface area contributed by atoms with Crippen molar-refractivity contribution in [2.45, 2.75) is 13.0 Å². The number of anilines is 1. The molecule has 0 spiro atoms. The maximum Gasteiger partial charge on any atom is 0.261 e. The number of rotatable bonds is 3. The summed E-state index contributed by atoms with van der Waals surface area (Å²) in [7, 11) is 0. The summed E-state index contributed by atoms with van der Waals surface area (Å²) in [6.45, 7) is 0.103. The number of benzene rings is 3. The fraction of sp³-hybridized carbons (Fsp3) is 0.0870. The number of nitrogens with zero attached hydrogens (tertiary/aromatic N) is 2. The van der Waals surface area contributed by atoms with Gasteiger partial charge in [0.2, 0.25) is 5.91 Å². The zero-order valence-corrected chi connectivity index (χ0v) is 15.4. The molecule has 29 heavy (non-hydrogen) atoms. The Morgan fingerprint density at radius 2 is 1.79 bits per heavy atom. The Kier molecular flexibility index (Phi) is 3.98. The van der Waals surface area contributed by atoms with E-state index in [1.807, 2.05) is 30.3 Å². The normalized spacial score (nSPS) is 12.8. The molecule has 0 fully saturated rings. The molecule has 2 heterocycles. The molecule has 0 bridgehead atoms. The van der Waals surface area contributed by atoms with E-state index in [9.17, 15) is 14.0 Å². The molecular weight excluding hydrogens is 369 g/mol. The summed E-state index contributed by atoms with van der Waals surface area (Å²) in [4.78, 5) is 28.4. The standard InChI is InChI=1S/C23H16FN3O2/c24-19-10-15(14-7-8-20-17(9-14)11-22(28)26-20)5-6-16(19)12-27-13-25-21-4-2-1-3-18(21)23(27)29/h1-10,13H,11-12H2,(H,26,28). The van der Waals surface area contributed by atoms with E-state index in [1.54, 1.807) is 24.3 Å². The van der Waals surface area contributed by atoms with Crippen LogP contribution >= 0.6 is 0 Å². The molecule has 0 saturated carbocycles. The summed E-state index contributed by atoms with van der Waals surface area (Å²) in [5.74, 6) is -0.426. The van der Waals surface area contributed by atoms with Crippen LogP contribution in [0.1, 0.15) is 11.1 Å². The van der Waals surface area contributed by atoms with Crippen molar-refractivity contribution in [3.63, 3.8) is 0 Å². The molecular formula is C23H16FN3O2. The number of carbonyl (C=O) groups is 1. The van der Waals surface area contributed by atoms with Gasteiger partial charge in [-0.3, -0.25) is 14.2 Å². The third kappa shape index (κ3) is 3.08. The van der Waals surface area contributed by atoms with Gasteiger partial charge in [0.15, 0.2) is 0 Å². The third-order valence-corrected chi connectivity index (χ3v) is 5.19. The average molecular weight is 385 g/mol. The van der Waals surface area contributed by atoms with Crippen molar-refractivity contribution in [1.82, 2.24) is 9.55 Å². The summed E-state index contributed by atoms with van der Waals surface area (Å²) >= 11 is 0. The van der Waals surface area contributed by atoms with E-state index in [0.717, 1.165) is 22.4 Å². The van der Waals surface area contributed by atoms with E-state index in [0.29, 0.717) is 22.9 Å². The molecule has 3 aromatic carbocycles. The van der Waals surface area contributed by atoms with Crippen LogP contribution in [-0.2, 0) is 17.8 Å². The van der Waals surface area contributed by atoms with Crippen molar-refractivity contribution in [3.8, 4) is 11.1 Å². The van der Waals surface area contributed by atoms with Gasteiger partial charge in [0.25, 0.3) is 5.56 Å². The van der Waals surface area contributed by atoms with Crippen molar-refractivity contribution in [3.05, 3.63) is 94.3 Å². The highest BCUT2D eigenvalue weighted by molar-refractivity contribution is 5.99. The summed E-state index contributed by atoms with van der Waals surface area (Å²) in [5.41, 5.74) is 4.10. The molecule has 1 amide bonds. The molecule has 1 N–H and O–H groups in total. The van der Waals surface area contributed by atoms with Crippen LogP contribution in [0.5, 0.6) is 0 Å². The SMILES string of the molecule is O=C1Cc2cc(-c3ccc(Cn4cnc5ccccc5c4=O)c(F)c3)ccc2N1. The lowest BCUT2D eigenvalue weighted by atomic mass is 10.00. The molecule has 0 radical (unpaired) electrons. The van der Waals surface area contributed by atoms with Gasteiger partial charge in [0, 0.05) is 11.3 Å². The van der Waals surface area contributed by atoms with E-state index in [2.05, 4.69) is 10.3 Å². The number of fused-ring (bicyclic) bond motifs is 2. The zero-order chi connectivity index (χ0) is 20.0. The summed E-state index contributed by atoms with van der Waals surface area (Å²) in [5, 5.41) is 3.30. The molecule has 0 saturated heterocycles. The lowest BCUT2D eigenvalue weighted by Gasteiger charge is -2.10. The Hall–Kier alpha value is -3.80. The van der Waals surface area contributed by atoms with E-state index >= 15 is 0 Å². The van der Waals surface area contributed by atoms with Gasteiger partial charge in [-0.05, 0) is 47.0 Å². The maximum atomic E-state index is 14.8. The topological polar surface area (TPSA) is 64.0 Å². The van der Waals surface area contributed by atoms with E-state index in [-0.39, 0.29) is 18.0 Å². The van der Waals surface area contributed by atoms with Gasteiger partial charge >= 0.3 is 0 Å². The van der Waals surface area contributed by atoms with Gasteiger partial charge in [-0.25, -0.2) is 9.37 Å². The van der Waals surface area contributed by atoms with Crippen LogP contribution in [0.2, 0.25) is 0 Å². The number of aromatic nitrogens is 2. The number of para-hydroxylation sites is 1. The van der Waals surface area contributed by atoms with Crippen LogP contribution < -0.4 is 10.9 Å². The highest BCUT2D eigenvalue weighted by atomic mass is 19.1. The molecule has 0 aliphatic carbocycles. The van der Waals surface area contributed by atoms with Crippen molar-refractivity contribution in [2.24, 2.45) is 0 Å². The average Bonchev–Trinajstić information content (AvgIpc) is 3.10. The Balaban J connectivity index is 1.47. The Morgan fingerprint density at radius 3 is 2.66 bits per heavy atom. The number of carbonyl (C=O) groups excluding carboxylic acids is 1. The first-order valence-electron chi connectivity index (χ1n) is 9.24. The predicted octanol–water partition coefficient (Wildman–Crippen LogP) is 3.75. The van der Waals surface area contributed by atoms with Crippen LogP contribution in [0, 0.1) is 5.82 Å². The highest BCUT2D eigenvalue weighted by Gasteiger charge is 2.18. The van der Waals surface area contributed by atoms with Crippen LogP contribution in [-0.4, -0.2) is 15.5 Å². The zero-order valence-electron chi connectivity index (χ0n) is 15.4. The molecule has 0 unspecified atom stereocenters. The predicted molar refractivity (Wildman–Crippen MR) is 109 cm³/mol. The Bertz CT molecular complexity index is 1340. The molecule has 5 nitrogen and oxygen atoms in total. The second kappa shape index (κ2) is 6.67. The third-order valence-electron chi connectivity index (χ3n) is 5.19. The van der Waals surface area contributed by atoms with Gasteiger partial charge in [0.1, 0.15) is 5.82 Å². The summed E-state index contributed by atoms with van der Waals surface area (Å²) in [6.07, 6.45) is 1.78. The molecule has 142 valence electrons. The van der Waals surface area contributed by atoms with Gasteiger partial charge < -0.3 is 5.32 Å². The minimum absolute atomic E-state index is 0.0342. The number of nitrogens with one attached hydrogen (secondary N) is 1. The minimum atomic E-state index is -0.391. The number of amides is 1. The fourth-order valence-electron chi connectivity index (χ4n) is 3.67. The molecule has 1 aliphatic rings. The lowest BCUT2D eigenvalue weighted by molar-refractivity contribution is -0.115. The van der Waals surface area contributed by atoms with E-state index in [1.165, 1.54) is 17.0 Å². The van der Waals surface area contributed by atoms with E-state index in [4.69, 9.17) is 0 Å². The fourth-order valence-corrected chi connectivity index (χ4v) is 3.67. The van der Waals surface area contributed by atoms with Crippen molar-refractivity contribution in [1.29, 1.82) is 0 Å². The quantitative estimate of drug-likeness (QED) is 0.584. The van der Waals surface area contributed by atoms with Gasteiger partial charge in [-0.2, -0.15) is 0 Å². The van der Waals surface area contributed by atoms with Gasteiger partial charge in [0.05, 0.1) is 30.2 Å². The number of hydrogen-bond donors (Lipinski definition) is 1. The van der Waals surface area contributed by atoms with E-state index < -0.39 is 5.82 Å². The van der Waals surface area contributed by atoms with Crippen molar-refractivity contribution < 1.29 is 9.18 Å². The Morgan fingerprint density at radius 1 is 1.00 bits per heavy atom. The molecule has 6 heteroatoms. The van der Waals surface area contributed by atoms with Gasteiger partial charge in [-0.1, -0.05) is 30.3 Å². The number of halogens is 1. The minimum Gasteiger partial charge on any atom is -0.326 e. The Labute approximate surface area is 165 Å². The van der Waals surface area contributed by atoms with Crippen molar-refractivity contribution in [2.75, 3.05) is 5.32 Å². The first-order valence-corrected chi connectivity index (χ1v) is 9.24. The molecule has 1 aromatic heterocycles. The first kappa shape index (κ1) is 17.3. The molecule has 5 rings (SSSR count). The second-order valence-corrected chi connectivity index (χ2v) is 7.10. The summed E-state index contributed by atoms with van der Waals surface area (Å²) < 4.78 is 16.2. The highest BCUT2D eigenvalue weighted by Crippen LogP contribution is 2.30. The lowest BCUT2D eigenvalue weighted by Crippen LogP contribution is -2.21. The number of hydrogen-bond acceptors (Lipinski definition) is 3. The smallest absolute Gasteiger partial charge is 0.261 e. The van der Waals surface area contributed by atoms with Crippen LogP contribution in [0.25, 0.3) is 22.0 Å².